The Morgan fingerprint density at radius 1 is 1.36 bits per heavy atom. The molecule has 1 aromatic carbocycles. The molecule has 8 heteroatoms. The Hall–Kier alpha value is -1.79. The molecule has 1 N–H and O–H groups in total. The van der Waals surface area contributed by atoms with Gasteiger partial charge in [0.1, 0.15) is 12.9 Å². The highest BCUT2D eigenvalue weighted by Gasteiger charge is 2.32. The van der Waals surface area contributed by atoms with E-state index >= 15 is 0 Å². The quantitative estimate of drug-likeness (QED) is 0.905. The lowest BCUT2D eigenvalue weighted by molar-refractivity contribution is -0.133. The van der Waals surface area contributed by atoms with Crippen molar-refractivity contribution in [2.24, 2.45) is 0 Å². The number of nitrogens with zero attached hydrogens (tertiary/aromatic N) is 3. The summed E-state index contributed by atoms with van der Waals surface area (Å²) >= 11 is 11.9. The van der Waals surface area contributed by atoms with Crippen LogP contribution in [-0.2, 0) is 17.9 Å². The first-order valence-electron chi connectivity index (χ1n) is 6.88. The van der Waals surface area contributed by atoms with E-state index < -0.39 is 5.69 Å². The molecule has 0 aliphatic heterocycles. The summed E-state index contributed by atoms with van der Waals surface area (Å²) in [7, 11) is 0. The molecule has 0 unspecified atom stereocenters. The number of halogens is 2. The topological polar surface area (TPSA) is 71.0 Å². The number of H-pyrrole nitrogens is 1. The summed E-state index contributed by atoms with van der Waals surface area (Å²) in [5.74, 6) is -0.114. The first-order chi connectivity index (χ1) is 10.5. The lowest BCUT2D eigenvalue weighted by Gasteiger charge is -2.22. The van der Waals surface area contributed by atoms with Crippen LogP contribution in [0, 0.1) is 0 Å². The highest BCUT2D eigenvalue weighted by atomic mass is 35.5. The van der Waals surface area contributed by atoms with Crippen LogP contribution in [0.1, 0.15) is 18.4 Å². The number of aromatic nitrogens is 3. The van der Waals surface area contributed by atoms with Crippen LogP contribution in [0.25, 0.3) is 0 Å². The third-order valence-electron chi connectivity index (χ3n) is 3.57. The van der Waals surface area contributed by atoms with Gasteiger partial charge in [-0.05, 0) is 30.5 Å². The average Bonchev–Trinajstić information content (AvgIpc) is 3.24. The van der Waals surface area contributed by atoms with E-state index in [0.29, 0.717) is 16.6 Å². The van der Waals surface area contributed by atoms with Crippen molar-refractivity contribution in [2.45, 2.75) is 32.0 Å². The molecule has 1 fully saturated rings. The summed E-state index contributed by atoms with van der Waals surface area (Å²) in [6.07, 6.45) is 3.28. The fraction of sp³-hybridized carbons (Fsp3) is 0.357. The molecule has 0 spiro atoms. The predicted molar refractivity (Wildman–Crippen MR) is 82.9 cm³/mol. The van der Waals surface area contributed by atoms with Gasteiger partial charge in [-0.2, -0.15) is 5.10 Å². The lowest BCUT2D eigenvalue weighted by Crippen LogP contribution is -2.37. The van der Waals surface area contributed by atoms with Gasteiger partial charge in [0.05, 0.1) is 10.0 Å². The number of benzene rings is 1. The summed E-state index contributed by atoms with van der Waals surface area (Å²) in [6, 6.07) is 5.55. The van der Waals surface area contributed by atoms with Gasteiger partial charge in [-0.3, -0.25) is 9.36 Å². The molecule has 0 radical (unpaired) electrons. The van der Waals surface area contributed by atoms with Crippen molar-refractivity contribution in [1.29, 1.82) is 0 Å². The smallest absolute Gasteiger partial charge is 0.334 e. The van der Waals surface area contributed by atoms with Gasteiger partial charge in [-0.1, -0.05) is 29.3 Å². The zero-order valence-corrected chi connectivity index (χ0v) is 13.1. The van der Waals surface area contributed by atoms with Gasteiger partial charge in [-0.15, -0.1) is 0 Å². The highest BCUT2D eigenvalue weighted by Crippen LogP contribution is 2.30. The van der Waals surface area contributed by atoms with E-state index in [2.05, 4.69) is 10.2 Å². The molecular weight excluding hydrogens is 327 g/mol. The molecule has 1 saturated carbocycles. The van der Waals surface area contributed by atoms with Gasteiger partial charge >= 0.3 is 5.69 Å². The molecule has 3 rings (SSSR count). The fourth-order valence-corrected chi connectivity index (χ4v) is 2.58. The fourth-order valence-electron chi connectivity index (χ4n) is 2.26. The number of amides is 1. The summed E-state index contributed by atoms with van der Waals surface area (Å²) in [4.78, 5) is 25.7. The molecule has 22 heavy (non-hydrogen) atoms. The first-order valence-corrected chi connectivity index (χ1v) is 7.63. The molecule has 1 aliphatic carbocycles. The maximum atomic E-state index is 12.5. The first kappa shape index (κ1) is 15.1. The molecule has 1 amide bonds. The molecule has 0 bridgehead atoms. The SMILES string of the molecule is O=C(Cn1cn[nH]c1=O)N(Cc1ccc(Cl)c(Cl)c1)C1CC1. The molecule has 0 saturated heterocycles. The van der Waals surface area contributed by atoms with E-state index in [1.54, 1.807) is 17.0 Å². The van der Waals surface area contributed by atoms with Crippen molar-refractivity contribution in [1.82, 2.24) is 19.7 Å². The minimum atomic E-state index is -0.390. The van der Waals surface area contributed by atoms with Crippen LogP contribution in [0.4, 0.5) is 0 Å². The molecule has 0 atom stereocenters. The summed E-state index contributed by atoms with van der Waals surface area (Å²) in [5, 5.41) is 6.85. The minimum absolute atomic E-state index is 0.0207. The van der Waals surface area contributed by atoms with E-state index in [1.165, 1.54) is 10.9 Å². The van der Waals surface area contributed by atoms with Gasteiger partial charge in [0.2, 0.25) is 5.91 Å². The molecule has 1 aliphatic rings. The summed E-state index contributed by atoms with van der Waals surface area (Å²) in [5.41, 5.74) is 0.521. The highest BCUT2D eigenvalue weighted by molar-refractivity contribution is 6.42. The largest absolute Gasteiger partial charge is 0.343 e. The number of carbonyl (C=O) groups excluding carboxylic acids is 1. The third-order valence-corrected chi connectivity index (χ3v) is 4.31. The van der Waals surface area contributed by atoms with Crippen LogP contribution in [0.15, 0.2) is 29.3 Å². The monoisotopic (exact) mass is 340 g/mol. The van der Waals surface area contributed by atoms with Gasteiger partial charge in [0.15, 0.2) is 0 Å². The van der Waals surface area contributed by atoms with Crippen LogP contribution in [0.3, 0.4) is 0 Å². The number of nitrogens with one attached hydrogen (secondary N) is 1. The zero-order valence-electron chi connectivity index (χ0n) is 11.6. The lowest BCUT2D eigenvalue weighted by atomic mass is 10.2. The van der Waals surface area contributed by atoms with Crippen LogP contribution >= 0.6 is 23.2 Å². The number of rotatable bonds is 5. The number of hydrogen-bond acceptors (Lipinski definition) is 3. The predicted octanol–water partition coefficient (Wildman–Crippen LogP) is 2.07. The third kappa shape index (κ3) is 3.34. The minimum Gasteiger partial charge on any atom is -0.334 e. The van der Waals surface area contributed by atoms with Crippen molar-refractivity contribution < 1.29 is 4.79 Å². The van der Waals surface area contributed by atoms with E-state index in [-0.39, 0.29) is 18.5 Å². The van der Waals surface area contributed by atoms with Gasteiger partial charge in [0.25, 0.3) is 0 Å². The number of hydrogen-bond donors (Lipinski definition) is 1. The van der Waals surface area contributed by atoms with Gasteiger partial charge in [-0.25, -0.2) is 9.89 Å². The Kier molecular flexibility index (Phi) is 4.22. The second kappa shape index (κ2) is 6.14. The normalized spacial score (nSPS) is 14.1. The van der Waals surface area contributed by atoms with E-state index in [9.17, 15) is 9.59 Å². The molecule has 116 valence electrons. The van der Waals surface area contributed by atoms with Crippen molar-refractivity contribution in [3.8, 4) is 0 Å². The van der Waals surface area contributed by atoms with Crippen molar-refractivity contribution in [2.75, 3.05) is 0 Å². The van der Waals surface area contributed by atoms with Crippen molar-refractivity contribution in [3.63, 3.8) is 0 Å². The zero-order chi connectivity index (χ0) is 15.7. The molecule has 2 aromatic rings. The average molecular weight is 341 g/mol. The molecular formula is C14H14Cl2N4O2. The van der Waals surface area contributed by atoms with Gasteiger partial charge in [0, 0.05) is 12.6 Å². The Morgan fingerprint density at radius 3 is 2.73 bits per heavy atom. The number of carbonyl (C=O) groups is 1. The standard InChI is InChI=1S/C14H14Cl2N4O2/c15-11-4-1-9(5-12(11)16)6-20(10-2-3-10)13(21)7-19-8-17-18-14(19)22/h1,4-5,8,10H,2-3,6-7H2,(H,18,22). The Morgan fingerprint density at radius 2 is 2.14 bits per heavy atom. The summed E-state index contributed by atoms with van der Waals surface area (Å²) < 4.78 is 1.26. The van der Waals surface area contributed by atoms with Crippen molar-refractivity contribution in [3.05, 3.63) is 50.6 Å². The van der Waals surface area contributed by atoms with Crippen molar-refractivity contribution >= 4 is 29.1 Å². The van der Waals surface area contributed by atoms with Crippen LogP contribution in [0.2, 0.25) is 10.0 Å². The van der Waals surface area contributed by atoms with Crippen LogP contribution in [-0.4, -0.2) is 31.6 Å². The molecule has 6 nitrogen and oxygen atoms in total. The van der Waals surface area contributed by atoms with E-state index in [4.69, 9.17) is 23.2 Å². The van der Waals surface area contributed by atoms with E-state index in [0.717, 1.165) is 18.4 Å². The number of aromatic amines is 1. The van der Waals surface area contributed by atoms with E-state index in [1.807, 2.05) is 6.07 Å². The second-order valence-corrected chi connectivity index (χ2v) is 6.11. The Bertz CT molecular complexity index is 751. The second-order valence-electron chi connectivity index (χ2n) is 5.29. The van der Waals surface area contributed by atoms with Crippen LogP contribution in [0.5, 0.6) is 0 Å². The Balaban J connectivity index is 1.75. The van der Waals surface area contributed by atoms with Crippen LogP contribution < -0.4 is 5.69 Å². The summed E-state index contributed by atoms with van der Waals surface area (Å²) in [6.45, 7) is 0.431. The van der Waals surface area contributed by atoms with Gasteiger partial charge < -0.3 is 4.90 Å². The maximum Gasteiger partial charge on any atom is 0.343 e. The maximum absolute atomic E-state index is 12.5. The molecule has 1 heterocycles. The Labute approximate surface area is 136 Å². The molecule has 1 aromatic heterocycles.